The topological polar surface area (TPSA) is 18.5 Å². The van der Waals surface area contributed by atoms with Gasteiger partial charge in [0, 0.05) is 13.2 Å². The van der Waals surface area contributed by atoms with Crippen molar-refractivity contribution >= 4 is 8.56 Å². The molecule has 0 aromatic heterocycles. The third kappa shape index (κ3) is 10.3. The Balaban J connectivity index is 4.05. The maximum Gasteiger partial charge on any atom is 0.361 e. The van der Waals surface area contributed by atoms with Gasteiger partial charge in [0.05, 0.1) is 0 Å². The summed E-state index contributed by atoms with van der Waals surface area (Å²) in [5.41, 5.74) is 2.26. The SMILES string of the molecule is C=C[Si](C)(OCCCCC)OCC(C)CC(C)(C)C. The Morgan fingerprint density at radius 2 is 1.84 bits per heavy atom. The maximum absolute atomic E-state index is 6.07. The van der Waals surface area contributed by atoms with Gasteiger partial charge in [-0.05, 0) is 36.4 Å². The molecular weight excluding hydrogens is 252 g/mol. The van der Waals surface area contributed by atoms with Gasteiger partial charge in [0.2, 0.25) is 0 Å². The third-order valence-corrected chi connectivity index (χ3v) is 5.38. The number of rotatable bonds is 10. The predicted molar refractivity (Wildman–Crippen MR) is 86.5 cm³/mol. The van der Waals surface area contributed by atoms with Crippen LogP contribution in [0.25, 0.3) is 0 Å². The molecule has 0 N–H and O–H groups in total. The van der Waals surface area contributed by atoms with Crippen molar-refractivity contribution in [2.24, 2.45) is 11.3 Å². The molecule has 0 spiro atoms. The molecule has 0 amide bonds. The van der Waals surface area contributed by atoms with E-state index in [4.69, 9.17) is 8.85 Å². The standard InChI is InChI=1S/C16H34O2Si/c1-8-10-11-12-17-19(7,9-2)18-14-15(3)13-16(4,5)6/h9,15H,2,8,10-14H2,1,3-7H3. The van der Waals surface area contributed by atoms with Gasteiger partial charge in [-0.15, -0.1) is 6.58 Å². The van der Waals surface area contributed by atoms with E-state index < -0.39 is 8.56 Å². The van der Waals surface area contributed by atoms with E-state index in [2.05, 4.69) is 47.7 Å². The first kappa shape index (κ1) is 18.9. The van der Waals surface area contributed by atoms with Crippen molar-refractivity contribution in [1.29, 1.82) is 0 Å². The van der Waals surface area contributed by atoms with Gasteiger partial charge in [-0.3, -0.25) is 0 Å². The Morgan fingerprint density at radius 3 is 2.32 bits per heavy atom. The quantitative estimate of drug-likeness (QED) is 0.412. The van der Waals surface area contributed by atoms with Crippen LogP contribution in [0.3, 0.4) is 0 Å². The van der Waals surface area contributed by atoms with Crippen LogP contribution in [0.4, 0.5) is 0 Å². The lowest BCUT2D eigenvalue weighted by Crippen LogP contribution is -2.38. The molecule has 0 fully saturated rings. The van der Waals surface area contributed by atoms with Crippen molar-refractivity contribution in [3.63, 3.8) is 0 Å². The van der Waals surface area contributed by atoms with Crippen LogP contribution in [-0.2, 0) is 8.85 Å². The van der Waals surface area contributed by atoms with Crippen molar-refractivity contribution in [3.05, 3.63) is 12.3 Å². The zero-order valence-electron chi connectivity index (χ0n) is 13.9. The smallest absolute Gasteiger partial charge is 0.361 e. The monoisotopic (exact) mass is 286 g/mol. The molecule has 0 aromatic carbocycles. The Labute approximate surface area is 121 Å². The lowest BCUT2D eigenvalue weighted by Gasteiger charge is -2.28. The summed E-state index contributed by atoms with van der Waals surface area (Å²) in [4.78, 5) is 0. The number of hydrogen-bond acceptors (Lipinski definition) is 2. The molecule has 0 aromatic rings. The van der Waals surface area contributed by atoms with Gasteiger partial charge in [-0.2, -0.15) is 0 Å². The van der Waals surface area contributed by atoms with Gasteiger partial charge in [0.1, 0.15) is 0 Å². The Kier molecular flexibility index (Phi) is 8.87. The third-order valence-electron chi connectivity index (χ3n) is 3.12. The Bertz CT molecular complexity index is 248. The van der Waals surface area contributed by atoms with E-state index >= 15 is 0 Å². The molecule has 0 aliphatic rings. The van der Waals surface area contributed by atoms with E-state index in [0.717, 1.165) is 19.6 Å². The maximum atomic E-state index is 6.07. The normalized spacial score (nSPS) is 16.9. The lowest BCUT2D eigenvalue weighted by atomic mass is 9.86. The van der Waals surface area contributed by atoms with Gasteiger partial charge in [-0.25, -0.2) is 0 Å². The molecule has 19 heavy (non-hydrogen) atoms. The fourth-order valence-electron chi connectivity index (χ4n) is 2.20. The molecule has 0 aliphatic heterocycles. The molecule has 0 radical (unpaired) electrons. The Morgan fingerprint density at radius 1 is 1.21 bits per heavy atom. The van der Waals surface area contributed by atoms with Crippen molar-refractivity contribution < 1.29 is 8.85 Å². The van der Waals surface area contributed by atoms with Crippen LogP contribution in [-0.4, -0.2) is 21.8 Å². The summed E-state index contributed by atoms with van der Waals surface area (Å²) in [6.45, 7) is 18.8. The van der Waals surface area contributed by atoms with E-state index in [1.54, 1.807) is 0 Å². The molecule has 0 saturated carbocycles. The van der Waals surface area contributed by atoms with Gasteiger partial charge < -0.3 is 8.85 Å². The summed E-state index contributed by atoms with van der Waals surface area (Å²) in [5.74, 6) is 0.561. The van der Waals surface area contributed by atoms with E-state index in [0.29, 0.717) is 11.3 Å². The highest BCUT2D eigenvalue weighted by atomic mass is 28.4. The highest BCUT2D eigenvalue weighted by Gasteiger charge is 2.28. The molecule has 0 bridgehead atoms. The van der Waals surface area contributed by atoms with Crippen LogP contribution in [0.15, 0.2) is 12.3 Å². The minimum Gasteiger partial charge on any atom is -0.391 e. The van der Waals surface area contributed by atoms with Gasteiger partial charge >= 0.3 is 8.56 Å². The number of unbranched alkanes of at least 4 members (excludes halogenated alkanes) is 2. The summed E-state index contributed by atoms with van der Waals surface area (Å²) < 4.78 is 12.0. The molecule has 0 rings (SSSR count). The fourth-order valence-corrected chi connectivity index (χ4v) is 3.68. The average molecular weight is 287 g/mol. The molecule has 2 nitrogen and oxygen atoms in total. The molecule has 2 unspecified atom stereocenters. The van der Waals surface area contributed by atoms with E-state index in [1.807, 2.05) is 5.70 Å². The minimum absolute atomic E-state index is 0.358. The highest BCUT2D eigenvalue weighted by molar-refractivity contribution is 6.71. The molecular formula is C16H34O2Si. The van der Waals surface area contributed by atoms with Gasteiger partial charge in [0.15, 0.2) is 0 Å². The van der Waals surface area contributed by atoms with Crippen molar-refractivity contribution in [3.8, 4) is 0 Å². The fraction of sp³-hybridized carbons (Fsp3) is 0.875. The zero-order chi connectivity index (χ0) is 14.9. The average Bonchev–Trinajstić information content (AvgIpc) is 2.30. The zero-order valence-corrected chi connectivity index (χ0v) is 14.9. The first-order valence-electron chi connectivity index (χ1n) is 7.64. The molecule has 2 atom stereocenters. The summed E-state index contributed by atoms with van der Waals surface area (Å²) in [5, 5.41) is 0. The van der Waals surface area contributed by atoms with Crippen LogP contribution in [0.1, 0.15) is 60.3 Å². The van der Waals surface area contributed by atoms with Crippen LogP contribution < -0.4 is 0 Å². The van der Waals surface area contributed by atoms with E-state index in [9.17, 15) is 0 Å². The second-order valence-electron chi connectivity index (χ2n) is 6.96. The molecule has 0 heterocycles. The summed E-state index contributed by atoms with van der Waals surface area (Å²) in [7, 11) is -2.15. The minimum atomic E-state index is -2.15. The van der Waals surface area contributed by atoms with Gasteiger partial charge in [0.25, 0.3) is 0 Å². The van der Waals surface area contributed by atoms with Crippen LogP contribution in [0, 0.1) is 11.3 Å². The molecule has 0 saturated heterocycles. The molecule has 114 valence electrons. The van der Waals surface area contributed by atoms with Gasteiger partial charge in [-0.1, -0.05) is 47.5 Å². The summed E-state index contributed by atoms with van der Waals surface area (Å²) >= 11 is 0. The van der Waals surface area contributed by atoms with Crippen LogP contribution in [0.5, 0.6) is 0 Å². The largest absolute Gasteiger partial charge is 0.391 e. The molecule has 0 aliphatic carbocycles. The second-order valence-corrected chi connectivity index (χ2v) is 9.97. The first-order valence-corrected chi connectivity index (χ1v) is 10.0. The van der Waals surface area contributed by atoms with Crippen molar-refractivity contribution in [1.82, 2.24) is 0 Å². The lowest BCUT2D eigenvalue weighted by molar-refractivity contribution is 0.143. The van der Waals surface area contributed by atoms with E-state index in [1.165, 1.54) is 19.3 Å². The van der Waals surface area contributed by atoms with Crippen molar-refractivity contribution in [2.75, 3.05) is 13.2 Å². The predicted octanol–water partition coefficient (Wildman–Crippen LogP) is 5.08. The second kappa shape index (κ2) is 8.93. The highest BCUT2D eigenvalue weighted by Crippen LogP contribution is 2.25. The van der Waals surface area contributed by atoms with E-state index in [-0.39, 0.29) is 0 Å². The van der Waals surface area contributed by atoms with Crippen LogP contribution >= 0.6 is 0 Å². The molecule has 3 heteroatoms. The summed E-state index contributed by atoms with van der Waals surface area (Å²) in [6, 6.07) is 0. The summed E-state index contributed by atoms with van der Waals surface area (Å²) in [6.07, 6.45) is 4.74. The first-order chi connectivity index (χ1) is 8.72. The Hall–Kier alpha value is -0.123. The van der Waals surface area contributed by atoms with Crippen molar-refractivity contribution in [2.45, 2.75) is 66.8 Å². The number of hydrogen-bond donors (Lipinski definition) is 0. The van der Waals surface area contributed by atoms with Crippen LogP contribution in [0.2, 0.25) is 6.55 Å².